The summed E-state index contributed by atoms with van der Waals surface area (Å²) < 4.78 is 30.3. The average molecular weight is 399 g/mol. The predicted octanol–water partition coefficient (Wildman–Crippen LogP) is 1.83. The summed E-state index contributed by atoms with van der Waals surface area (Å²) in [7, 11) is -1.73. The molecule has 0 spiro atoms. The first-order valence-electron chi connectivity index (χ1n) is 7.37. The third kappa shape index (κ3) is 3.08. The fourth-order valence-electron chi connectivity index (χ4n) is 2.83. The number of benzene rings is 1. The smallest absolute Gasteiger partial charge is 0.244 e. The Morgan fingerprint density at radius 1 is 1.39 bits per heavy atom. The number of piperazine rings is 1. The number of hydrogen-bond donors (Lipinski definition) is 1. The van der Waals surface area contributed by atoms with Gasteiger partial charge in [0.05, 0.1) is 10.9 Å². The molecule has 6 nitrogen and oxygen atoms in total. The van der Waals surface area contributed by atoms with Crippen molar-refractivity contribution < 1.29 is 8.42 Å². The second kappa shape index (κ2) is 6.35. The van der Waals surface area contributed by atoms with Gasteiger partial charge in [0.15, 0.2) is 0 Å². The second-order valence-electron chi connectivity index (χ2n) is 5.67. The molecular formula is C15H19BrN4O2S. The molecule has 0 bridgehead atoms. The van der Waals surface area contributed by atoms with Gasteiger partial charge in [0.25, 0.3) is 0 Å². The molecule has 0 radical (unpaired) electrons. The molecule has 1 aromatic carbocycles. The molecule has 1 fully saturated rings. The number of rotatable bonds is 3. The number of aryl methyl sites for hydroxylation is 2. The molecule has 1 saturated heterocycles. The van der Waals surface area contributed by atoms with Crippen LogP contribution in [0, 0.1) is 6.92 Å². The maximum Gasteiger partial charge on any atom is 0.244 e. The molecule has 1 atom stereocenters. The van der Waals surface area contributed by atoms with Gasteiger partial charge in [-0.2, -0.15) is 4.31 Å². The maximum atomic E-state index is 13.2. The van der Waals surface area contributed by atoms with Crippen LogP contribution in [0.1, 0.15) is 17.4 Å². The van der Waals surface area contributed by atoms with Gasteiger partial charge in [-0.3, -0.25) is 0 Å². The van der Waals surface area contributed by atoms with E-state index in [1.165, 1.54) is 0 Å². The van der Waals surface area contributed by atoms with Crippen molar-refractivity contribution in [3.8, 4) is 0 Å². The molecule has 1 aromatic heterocycles. The zero-order valence-corrected chi connectivity index (χ0v) is 15.4. The molecular weight excluding hydrogens is 380 g/mol. The Morgan fingerprint density at radius 2 is 2.17 bits per heavy atom. The predicted molar refractivity (Wildman–Crippen MR) is 91.6 cm³/mol. The number of nitrogens with one attached hydrogen (secondary N) is 1. The van der Waals surface area contributed by atoms with E-state index in [0.29, 0.717) is 29.0 Å². The van der Waals surface area contributed by atoms with Crippen molar-refractivity contribution in [2.75, 3.05) is 19.6 Å². The van der Waals surface area contributed by atoms with E-state index in [2.05, 4.69) is 26.2 Å². The van der Waals surface area contributed by atoms with Crippen LogP contribution in [0.5, 0.6) is 0 Å². The van der Waals surface area contributed by atoms with Crippen LogP contribution in [-0.4, -0.2) is 41.9 Å². The number of imidazole rings is 1. The molecule has 0 amide bonds. The minimum atomic E-state index is -3.61. The lowest BCUT2D eigenvalue weighted by Gasteiger charge is -2.34. The summed E-state index contributed by atoms with van der Waals surface area (Å²) >= 11 is 3.39. The summed E-state index contributed by atoms with van der Waals surface area (Å²) in [6.45, 7) is 3.53. The molecule has 3 rings (SSSR count). The van der Waals surface area contributed by atoms with Crippen LogP contribution in [0.2, 0.25) is 0 Å². The number of sulfonamides is 1. The highest BCUT2D eigenvalue weighted by Gasteiger charge is 2.37. The van der Waals surface area contributed by atoms with Crippen LogP contribution in [0.4, 0.5) is 0 Å². The highest BCUT2D eigenvalue weighted by Crippen LogP contribution is 2.31. The van der Waals surface area contributed by atoms with E-state index >= 15 is 0 Å². The van der Waals surface area contributed by atoms with Crippen molar-refractivity contribution in [3.05, 3.63) is 46.5 Å². The van der Waals surface area contributed by atoms with Crippen molar-refractivity contribution >= 4 is 26.0 Å². The van der Waals surface area contributed by atoms with Crippen LogP contribution in [0.25, 0.3) is 0 Å². The number of nitrogens with zero attached hydrogens (tertiary/aromatic N) is 3. The van der Waals surface area contributed by atoms with E-state index in [9.17, 15) is 8.42 Å². The van der Waals surface area contributed by atoms with Crippen LogP contribution in [-0.2, 0) is 17.1 Å². The minimum Gasteiger partial charge on any atom is -0.337 e. The Bertz CT molecular complexity index is 819. The normalized spacial score (nSPS) is 19.9. The second-order valence-corrected chi connectivity index (χ2v) is 8.38. The van der Waals surface area contributed by atoms with Crippen LogP contribution in [0.15, 0.2) is 40.0 Å². The maximum absolute atomic E-state index is 13.2. The van der Waals surface area contributed by atoms with Crippen molar-refractivity contribution in [3.63, 3.8) is 0 Å². The number of halogens is 1. The van der Waals surface area contributed by atoms with Crippen molar-refractivity contribution in [1.29, 1.82) is 0 Å². The summed E-state index contributed by atoms with van der Waals surface area (Å²) in [5, 5.41) is 3.26. The van der Waals surface area contributed by atoms with E-state index in [-0.39, 0.29) is 6.04 Å². The third-order valence-electron chi connectivity index (χ3n) is 4.02. The summed E-state index contributed by atoms with van der Waals surface area (Å²) in [6.07, 6.45) is 3.52. The molecule has 1 aliphatic heterocycles. The zero-order valence-electron chi connectivity index (χ0n) is 13.0. The van der Waals surface area contributed by atoms with E-state index in [4.69, 9.17) is 0 Å². The summed E-state index contributed by atoms with van der Waals surface area (Å²) in [6, 6.07) is 4.98. The van der Waals surface area contributed by atoms with Gasteiger partial charge < -0.3 is 9.88 Å². The lowest BCUT2D eigenvalue weighted by Crippen LogP contribution is -2.49. The Morgan fingerprint density at radius 3 is 2.83 bits per heavy atom. The van der Waals surface area contributed by atoms with Crippen LogP contribution in [0.3, 0.4) is 0 Å². The first-order valence-corrected chi connectivity index (χ1v) is 9.60. The van der Waals surface area contributed by atoms with Crippen molar-refractivity contribution in [2.24, 2.45) is 7.05 Å². The van der Waals surface area contributed by atoms with E-state index < -0.39 is 10.0 Å². The lowest BCUT2D eigenvalue weighted by molar-refractivity contribution is 0.258. The first-order chi connectivity index (χ1) is 10.9. The zero-order chi connectivity index (χ0) is 16.6. The van der Waals surface area contributed by atoms with Crippen molar-refractivity contribution in [1.82, 2.24) is 19.2 Å². The summed E-state index contributed by atoms with van der Waals surface area (Å²) in [5.41, 5.74) is 1.01. The first kappa shape index (κ1) is 16.6. The van der Waals surface area contributed by atoms with Gasteiger partial charge in [-0.15, -0.1) is 0 Å². The van der Waals surface area contributed by atoms with Crippen LogP contribution < -0.4 is 5.32 Å². The van der Waals surface area contributed by atoms with Gasteiger partial charge >= 0.3 is 0 Å². The lowest BCUT2D eigenvalue weighted by atomic mass is 10.2. The fraction of sp³-hybridized carbons (Fsp3) is 0.400. The SMILES string of the molecule is Cc1ccc(S(=O)(=O)N2CCNCC2c2nccn2C)c(Br)c1. The van der Waals surface area contributed by atoms with Gasteiger partial charge in [0.1, 0.15) is 5.82 Å². The Balaban J connectivity index is 2.04. The Hall–Kier alpha value is -1.22. The van der Waals surface area contributed by atoms with Gasteiger partial charge in [-0.05, 0) is 40.5 Å². The highest BCUT2D eigenvalue weighted by atomic mass is 79.9. The molecule has 1 aliphatic rings. The van der Waals surface area contributed by atoms with Gasteiger partial charge in [-0.1, -0.05) is 6.07 Å². The van der Waals surface area contributed by atoms with Gasteiger partial charge in [0.2, 0.25) is 10.0 Å². The molecule has 2 aromatic rings. The molecule has 23 heavy (non-hydrogen) atoms. The highest BCUT2D eigenvalue weighted by molar-refractivity contribution is 9.10. The minimum absolute atomic E-state index is 0.296. The standard InChI is InChI=1S/C15H19BrN4O2S/c1-11-3-4-14(12(16)9-11)23(21,22)20-8-5-17-10-13(20)15-18-6-7-19(15)2/h3-4,6-7,9,13,17H,5,8,10H2,1-2H3. The van der Waals surface area contributed by atoms with E-state index in [0.717, 1.165) is 11.4 Å². The molecule has 0 saturated carbocycles. The van der Waals surface area contributed by atoms with Gasteiger partial charge in [0, 0.05) is 43.5 Å². The van der Waals surface area contributed by atoms with Crippen LogP contribution >= 0.6 is 15.9 Å². The van der Waals surface area contributed by atoms with Crippen molar-refractivity contribution in [2.45, 2.75) is 17.9 Å². The molecule has 0 aliphatic carbocycles. The number of aromatic nitrogens is 2. The fourth-order valence-corrected chi connectivity index (χ4v) is 5.57. The monoisotopic (exact) mass is 398 g/mol. The number of hydrogen-bond acceptors (Lipinski definition) is 4. The Kier molecular flexibility index (Phi) is 4.59. The third-order valence-corrected chi connectivity index (χ3v) is 6.91. The molecule has 1 unspecified atom stereocenters. The Labute approximate surface area is 144 Å². The molecule has 124 valence electrons. The quantitative estimate of drug-likeness (QED) is 0.855. The average Bonchev–Trinajstić information content (AvgIpc) is 2.93. The van der Waals surface area contributed by atoms with Gasteiger partial charge in [-0.25, -0.2) is 13.4 Å². The molecule has 1 N–H and O–H groups in total. The summed E-state index contributed by atoms with van der Waals surface area (Å²) in [5.74, 6) is 0.740. The summed E-state index contributed by atoms with van der Waals surface area (Å²) in [4.78, 5) is 4.63. The molecule has 8 heteroatoms. The van der Waals surface area contributed by atoms with E-state index in [1.54, 1.807) is 16.6 Å². The topological polar surface area (TPSA) is 67.2 Å². The van der Waals surface area contributed by atoms with E-state index in [1.807, 2.05) is 36.9 Å². The molecule has 2 heterocycles. The largest absolute Gasteiger partial charge is 0.337 e.